The summed E-state index contributed by atoms with van der Waals surface area (Å²) in [5.74, 6) is 0.710. The number of aryl methyl sites for hydroxylation is 1. The monoisotopic (exact) mass is 290 g/mol. The third-order valence-corrected chi connectivity index (χ3v) is 3.52. The molecule has 1 aromatic heterocycles. The van der Waals surface area contributed by atoms with Crippen LogP contribution >= 0.6 is 0 Å². The zero-order chi connectivity index (χ0) is 15.4. The molecule has 21 heavy (non-hydrogen) atoms. The number of aliphatic hydroxyl groups is 1. The second kappa shape index (κ2) is 6.76. The maximum absolute atomic E-state index is 12.0. The summed E-state index contributed by atoms with van der Waals surface area (Å²) in [4.78, 5) is 12.0. The molecule has 0 aliphatic rings. The summed E-state index contributed by atoms with van der Waals surface area (Å²) in [7, 11) is 0. The van der Waals surface area contributed by atoms with E-state index >= 15 is 0 Å². The van der Waals surface area contributed by atoms with Crippen molar-refractivity contribution in [2.24, 2.45) is 0 Å². The molecule has 0 amide bonds. The van der Waals surface area contributed by atoms with E-state index < -0.39 is 6.10 Å². The highest BCUT2D eigenvalue weighted by molar-refractivity contribution is 5.82. The Hall–Kier alpha value is -1.81. The molecule has 0 bridgehead atoms. The number of benzene rings is 1. The van der Waals surface area contributed by atoms with Crippen LogP contribution in [0, 0.1) is 6.92 Å². The number of hydrogen-bond acceptors (Lipinski definition) is 4. The molecule has 0 radical (unpaired) electrons. The minimum atomic E-state index is -0.569. The maximum atomic E-state index is 12.0. The van der Waals surface area contributed by atoms with Crippen molar-refractivity contribution in [3.05, 3.63) is 39.7 Å². The standard InChI is InChI=1S/C17H22O4/c1-4-5-8-20-13-6-7-14-12(3)15(9-11(2)18)17(19)21-16(14)10-13/h6-7,10-11,18H,4-5,8-9H2,1-3H3/t11-/m1/s1. The van der Waals surface area contributed by atoms with Gasteiger partial charge in [-0.2, -0.15) is 0 Å². The Labute approximate surface area is 124 Å². The number of ether oxygens (including phenoxy) is 1. The molecule has 0 aliphatic heterocycles. The van der Waals surface area contributed by atoms with Crippen LogP contribution in [0.2, 0.25) is 0 Å². The Balaban J connectivity index is 2.39. The number of aliphatic hydroxyl groups excluding tert-OH is 1. The fourth-order valence-electron chi connectivity index (χ4n) is 2.33. The average Bonchev–Trinajstić information content (AvgIpc) is 2.43. The van der Waals surface area contributed by atoms with Crippen LogP contribution < -0.4 is 10.4 Å². The van der Waals surface area contributed by atoms with Gasteiger partial charge in [-0.25, -0.2) is 4.79 Å². The molecule has 4 heteroatoms. The summed E-state index contributed by atoms with van der Waals surface area (Å²) in [6.45, 7) is 6.31. The largest absolute Gasteiger partial charge is 0.493 e. The van der Waals surface area contributed by atoms with Gasteiger partial charge in [0.2, 0.25) is 0 Å². The fourth-order valence-corrected chi connectivity index (χ4v) is 2.33. The second-order valence-electron chi connectivity index (χ2n) is 5.41. The molecule has 0 aliphatic carbocycles. The lowest BCUT2D eigenvalue weighted by atomic mass is 10.0. The SMILES string of the molecule is CCCCOc1ccc2c(C)c(C[C@@H](C)O)c(=O)oc2c1. The number of hydrogen-bond donors (Lipinski definition) is 1. The van der Waals surface area contributed by atoms with Crippen molar-refractivity contribution in [1.29, 1.82) is 0 Å². The molecule has 4 nitrogen and oxygen atoms in total. The zero-order valence-corrected chi connectivity index (χ0v) is 12.8. The minimum absolute atomic E-state index is 0.304. The van der Waals surface area contributed by atoms with E-state index in [2.05, 4.69) is 6.92 Å². The third-order valence-electron chi connectivity index (χ3n) is 3.52. The smallest absolute Gasteiger partial charge is 0.339 e. The van der Waals surface area contributed by atoms with Crippen LogP contribution in [0.15, 0.2) is 27.4 Å². The third kappa shape index (κ3) is 3.64. The van der Waals surface area contributed by atoms with E-state index in [-0.39, 0.29) is 5.63 Å². The number of fused-ring (bicyclic) bond motifs is 1. The molecule has 0 unspecified atom stereocenters. The first kappa shape index (κ1) is 15.6. The molecule has 2 rings (SSSR count). The Bertz CT molecular complexity index is 670. The summed E-state index contributed by atoms with van der Waals surface area (Å²) < 4.78 is 11.0. The fraction of sp³-hybridized carbons (Fsp3) is 0.471. The molecular formula is C17H22O4. The molecule has 114 valence electrons. The summed E-state index contributed by atoms with van der Waals surface area (Å²) in [5.41, 5.74) is 1.55. The van der Waals surface area contributed by atoms with Gasteiger partial charge in [0.15, 0.2) is 0 Å². The van der Waals surface area contributed by atoms with Crippen LogP contribution in [-0.2, 0) is 6.42 Å². The summed E-state index contributed by atoms with van der Waals surface area (Å²) in [6.07, 6.45) is 1.80. The molecule has 1 N–H and O–H groups in total. The highest BCUT2D eigenvalue weighted by Gasteiger charge is 2.13. The molecule has 2 aromatic rings. The number of rotatable bonds is 6. The van der Waals surface area contributed by atoms with Crippen molar-refractivity contribution in [2.75, 3.05) is 6.61 Å². The van der Waals surface area contributed by atoms with Gasteiger partial charge < -0.3 is 14.3 Å². The lowest BCUT2D eigenvalue weighted by Crippen LogP contribution is -2.16. The molecule has 0 saturated carbocycles. The van der Waals surface area contributed by atoms with Gasteiger partial charge in [-0.15, -0.1) is 0 Å². The van der Waals surface area contributed by atoms with Gasteiger partial charge >= 0.3 is 5.63 Å². The van der Waals surface area contributed by atoms with Crippen molar-refractivity contribution in [3.63, 3.8) is 0 Å². The van der Waals surface area contributed by atoms with E-state index in [0.717, 1.165) is 23.8 Å². The van der Waals surface area contributed by atoms with Gasteiger partial charge in [0.1, 0.15) is 11.3 Å². The molecule has 1 aromatic carbocycles. The highest BCUT2D eigenvalue weighted by atomic mass is 16.5. The van der Waals surface area contributed by atoms with Crippen molar-refractivity contribution in [2.45, 2.75) is 46.1 Å². The van der Waals surface area contributed by atoms with Crippen molar-refractivity contribution in [3.8, 4) is 5.75 Å². The summed E-state index contributed by atoms with van der Waals surface area (Å²) in [6, 6.07) is 5.54. The minimum Gasteiger partial charge on any atom is -0.493 e. The Morgan fingerprint density at radius 3 is 2.81 bits per heavy atom. The Kier molecular flexibility index (Phi) is 5.02. The predicted octanol–water partition coefficient (Wildman–Crippen LogP) is 3.20. The van der Waals surface area contributed by atoms with Gasteiger partial charge in [0.25, 0.3) is 0 Å². The topological polar surface area (TPSA) is 59.7 Å². The summed E-state index contributed by atoms with van der Waals surface area (Å²) in [5, 5.41) is 10.4. The van der Waals surface area contributed by atoms with Crippen LogP contribution in [0.25, 0.3) is 11.0 Å². The van der Waals surface area contributed by atoms with Crippen LogP contribution in [0.1, 0.15) is 37.8 Å². The van der Waals surface area contributed by atoms with E-state index in [0.29, 0.717) is 29.9 Å². The molecule has 1 heterocycles. The van der Waals surface area contributed by atoms with Crippen molar-refractivity contribution in [1.82, 2.24) is 0 Å². The zero-order valence-electron chi connectivity index (χ0n) is 12.8. The van der Waals surface area contributed by atoms with Crippen LogP contribution in [-0.4, -0.2) is 17.8 Å². The molecule has 0 saturated heterocycles. The van der Waals surface area contributed by atoms with Crippen LogP contribution in [0.3, 0.4) is 0 Å². The molecule has 0 fully saturated rings. The normalized spacial score (nSPS) is 12.6. The van der Waals surface area contributed by atoms with Gasteiger partial charge in [-0.3, -0.25) is 0 Å². The first-order valence-corrected chi connectivity index (χ1v) is 7.40. The van der Waals surface area contributed by atoms with E-state index in [1.807, 2.05) is 19.1 Å². The average molecular weight is 290 g/mol. The lowest BCUT2D eigenvalue weighted by Gasteiger charge is -2.11. The van der Waals surface area contributed by atoms with Gasteiger partial charge in [-0.05, 0) is 38.0 Å². The van der Waals surface area contributed by atoms with E-state index in [1.54, 1.807) is 13.0 Å². The van der Waals surface area contributed by atoms with Crippen LogP contribution in [0.4, 0.5) is 0 Å². The number of unbranched alkanes of at least 4 members (excludes halogenated alkanes) is 1. The molecule has 0 spiro atoms. The molecule has 1 atom stereocenters. The first-order chi connectivity index (χ1) is 10.0. The van der Waals surface area contributed by atoms with Crippen molar-refractivity contribution < 1.29 is 14.3 Å². The van der Waals surface area contributed by atoms with E-state index in [4.69, 9.17) is 9.15 Å². The van der Waals surface area contributed by atoms with Gasteiger partial charge in [0.05, 0.1) is 12.7 Å². The van der Waals surface area contributed by atoms with Gasteiger partial charge in [0, 0.05) is 23.4 Å². The second-order valence-corrected chi connectivity index (χ2v) is 5.41. The van der Waals surface area contributed by atoms with Crippen molar-refractivity contribution >= 4 is 11.0 Å². The Morgan fingerprint density at radius 2 is 2.14 bits per heavy atom. The van der Waals surface area contributed by atoms with Crippen LogP contribution in [0.5, 0.6) is 5.75 Å². The highest BCUT2D eigenvalue weighted by Crippen LogP contribution is 2.24. The Morgan fingerprint density at radius 1 is 1.38 bits per heavy atom. The lowest BCUT2D eigenvalue weighted by molar-refractivity contribution is 0.194. The van der Waals surface area contributed by atoms with E-state index in [9.17, 15) is 9.90 Å². The quantitative estimate of drug-likeness (QED) is 0.655. The summed E-state index contributed by atoms with van der Waals surface area (Å²) >= 11 is 0. The first-order valence-electron chi connectivity index (χ1n) is 7.40. The van der Waals surface area contributed by atoms with E-state index in [1.165, 1.54) is 0 Å². The van der Waals surface area contributed by atoms with Gasteiger partial charge in [-0.1, -0.05) is 13.3 Å². The maximum Gasteiger partial charge on any atom is 0.339 e. The molecular weight excluding hydrogens is 268 g/mol. The predicted molar refractivity (Wildman–Crippen MR) is 83.0 cm³/mol.